The molecule has 1 amide bonds. The molecule has 0 fully saturated rings. The number of carbonyl (C=O) groups is 1. The van der Waals surface area contributed by atoms with E-state index in [9.17, 15) is 13.2 Å². The highest BCUT2D eigenvalue weighted by molar-refractivity contribution is 7.92. The number of sulfonamides is 1. The number of hydrogen-bond acceptors (Lipinski definition) is 4. The van der Waals surface area contributed by atoms with Crippen LogP contribution in [-0.4, -0.2) is 33.2 Å². The molecular formula is C21H28N2O4S. The maximum absolute atomic E-state index is 12.8. The fraction of sp³-hybridized carbons (Fsp3) is 0.381. The molecule has 0 heterocycles. The Morgan fingerprint density at radius 2 is 1.64 bits per heavy atom. The maximum atomic E-state index is 12.8. The van der Waals surface area contributed by atoms with E-state index in [4.69, 9.17) is 4.74 Å². The molecule has 0 aliphatic heterocycles. The minimum absolute atomic E-state index is 0.239. The third-order valence-electron chi connectivity index (χ3n) is 4.43. The van der Waals surface area contributed by atoms with Crippen molar-refractivity contribution in [2.75, 3.05) is 17.2 Å². The highest BCUT2D eigenvalue weighted by Crippen LogP contribution is 2.24. The van der Waals surface area contributed by atoms with Crippen LogP contribution >= 0.6 is 0 Å². The molecule has 7 heteroatoms. The zero-order chi connectivity index (χ0) is 20.9. The molecule has 2 atom stereocenters. The smallest absolute Gasteiger partial charge is 0.244 e. The Balaban J connectivity index is 2.21. The molecule has 0 aromatic heterocycles. The largest absolute Gasteiger partial charge is 0.494 e. The first-order valence-electron chi connectivity index (χ1n) is 9.22. The number of carbonyl (C=O) groups excluding carboxylic acids is 1. The van der Waals surface area contributed by atoms with Crippen LogP contribution in [0.5, 0.6) is 5.75 Å². The van der Waals surface area contributed by atoms with Gasteiger partial charge in [0.1, 0.15) is 11.8 Å². The number of amides is 1. The van der Waals surface area contributed by atoms with E-state index < -0.39 is 16.1 Å². The van der Waals surface area contributed by atoms with Gasteiger partial charge in [0.2, 0.25) is 15.9 Å². The topological polar surface area (TPSA) is 75.7 Å². The molecule has 152 valence electrons. The molecule has 0 saturated carbocycles. The average molecular weight is 405 g/mol. The van der Waals surface area contributed by atoms with Crippen molar-refractivity contribution in [1.82, 2.24) is 5.32 Å². The number of nitrogens with one attached hydrogen (secondary N) is 1. The average Bonchev–Trinajstić information content (AvgIpc) is 2.62. The number of benzene rings is 2. The third-order valence-corrected chi connectivity index (χ3v) is 5.67. The van der Waals surface area contributed by atoms with Gasteiger partial charge in [-0.3, -0.25) is 9.10 Å². The number of ether oxygens (including phenoxy) is 1. The zero-order valence-electron chi connectivity index (χ0n) is 17.0. The van der Waals surface area contributed by atoms with Crippen molar-refractivity contribution in [3.05, 3.63) is 59.7 Å². The van der Waals surface area contributed by atoms with Crippen LogP contribution in [0, 0.1) is 6.92 Å². The highest BCUT2D eigenvalue weighted by Gasteiger charge is 2.29. The van der Waals surface area contributed by atoms with Gasteiger partial charge in [-0.05, 0) is 57.5 Å². The predicted octanol–water partition coefficient (Wildman–Crippen LogP) is 3.43. The van der Waals surface area contributed by atoms with Crippen LogP contribution in [0.4, 0.5) is 5.69 Å². The van der Waals surface area contributed by atoms with Crippen LogP contribution in [0.25, 0.3) is 0 Å². The van der Waals surface area contributed by atoms with E-state index in [1.807, 2.05) is 45.0 Å². The van der Waals surface area contributed by atoms with Crippen molar-refractivity contribution in [3.8, 4) is 5.75 Å². The fourth-order valence-corrected chi connectivity index (χ4v) is 4.11. The third kappa shape index (κ3) is 5.48. The van der Waals surface area contributed by atoms with Crippen molar-refractivity contribution in [2.24, 2.45) is 0 Å². The second-order valence-electron chi connectivity index (χ2n) is 6.80. The molecule has 0 bridgehead atoms. The van der Waals surface area contributed by atoms with Gasteiger partial charge in [-0.15, -0.1) is 0 Å². The summed E-state index contributed by atoms with van der Waals surface area (Å²) in [7, 11) is -3.66. The molecule has 2 aromatic rings. The van der Waals surface area contributed by atoms with Crippen molar-refractivity contribution in [1.29, 1.82) is 0 Å². The van der Waals surface area contributed by atoms with Gasteiger partial charge < -0.3 is 10.1 Å². The van der Waals surface area contributed by atoms with E-state index in [1.54, 1.807) is 31.2 Å². The highest BCUT2D eigenvalue weighted by atomic mass is 32.2. The molecule has 0 aliphatic carbocycles. The minimum Gasteiger partial charge on any atom is -0.494 e. The van der Waals surface area contributed by atoms with Crippen LogP contribution in [0.15, 0.2) is 48.5 Å². The van der Waals surface area contributed by atoms with Crippen LogP contribution in [0.2, 0.25) is 0 Å². The molecule has 0 radical (unpaired) electrons. The summed E-state index contributed by atoms with van der Waals surface area (Å²) in [6.07, 6.45) is 1.09. The molecule has 2 rings (SSSR count). The number of hydrogen-bond donors (Lipinski definition) is 1. The first-order chi connectivity index (χ1) is 13.1. The quantitative estimate of drug-likeness (QED) is 0.731. The summed E-state index contributed by atoms with van der Waals surface area (Å²) in [5, 5.41) is 2.90. The lowest BCUT2D eigenvalue weighted by molar-refractivity contribution is -0.122. The normalized spacial score (nSPS) is 13.5. The Bertz CT molecular complexity index is 893. The van der Waals surface area contributed by atoms with Crippen LogP contribution in [-0.2, 0) is 14.8 Å². The number of nitrogens with zero attached hydrogens (tertiary/aromatic N) is 1. The molecule has 2 aromatic carbocycles. The van der Waals surface area contributed by atoms with E-state index in [0.717, 1.165) is 21.7 Å². The van der Waals surface area contributed by atoms with Crippen molar-refractivity contribution >= 4 is 21.6 Å². The van der Waals surface area contributed by atoms with Gasteiger partial charge >= 0.3 is 0 Å². The predicted molar refractivity (Wildman–Crippen MR) is 112 cm³/mol. The lowest BCUT2D eigenvalue weighted by Crippen LogP contribution is -2.48. The second kappa shape index (κ2) is 9.10. The monoisotopic (exact) mass is 404 g/mol. The maximum Gasteiger partial charge on any atom is 0.244 e. The Hall–Kier alpha value is -2.54. The lowest BCUT2D eigenvalue weighted by Gasteiger charge is -2.29. The number of rotatable bonds is 8. The molecule has 0 saturated heterocycles. The number of aryl methyl sites for hydroxylation is 1. The molecule has 6 nitrogen and oxygen atoms in total. The van der Waals surface area contributed by atoms with Crippen molar-refractivity contribution in [2.45, 2.75) is 39.8 Å². The van der Waals surface area contributed by atoms with Crippen molar-refractivity contribution in [3.63, 3.8) is 0 Å². The van der Waals surface area contributed by atoms with Gasteiger partial charge in [0, 0.05) is 0 Å². The van der Waals surface area contributed by atoms with Gasteiger partial charge in [-0.25, -0.2) is 8.42 Å². The molecule has 28 heavy (non-hydrogen) atoms. The van der Waals surface area contributed by atoms with E-state index in [2.05, 4.69) is 5.32 Å². The first kappa shape index (κ1) is 21.8. The fourth-order valence-electron chi connectivity index (χ4n) is 2.94. The van der Waals surface area contributed by atoms with E-state index in [-0.39, 0.29) is 11.9 Å². The Kier molecular flexibility index (Phi) is 7.07. The molecule has 1 N–H and O–H groups in total. The summed E-state index contributed by atoms with van der Waals surface area (Å²) in [5.74, 6) is 0.275. The van der Waals surface area contributed by atoms with Crippen LogP contribution < -0.4 is 14.4 Å². The lowest BCUT2D eigenvalue weighted by atomic mass is 10.1. The zero-order valence-corrected chi connectivity index (χ0v) is 17.8. The Morgan fingerprint density at radius 3 is 2.14 bits per heavy atom. The molecular weight excluding hydrogens is 376 g/mol. The van der Waals surface area contributed by atoms with E-state index in [1.165, 1.54) is 0 Å². The summed E-state index contributed by atoms with van der Waals surface area (Å²) in [4.78, 5) is 12.8. The van der Waals surface area contributed by atoms with Gasteiger partial charge in [0.25, 0.3) is 0 Å². The van der Waals surface area contributed by atoms with E-state index in [0.29, 0.717) is 18.0 Å². The first-order valence-corrected chi connectivity index (χ1v) is 11.1. The van der Waals surface area contributed by atoms with Crippen LogP contribution in [0.1, 0.15) is 37.9 Å². The Morgan fingerprint density at radius 1 is 1.07 bits per heavy atom. The molecule has 0 aliphatic rings. The standard InChI is InChI=1S/C21H28N2O4S/c1-6-27-20-13-11-19(12-14-20)23(28(5,25)26)17(4)21(24)22-16(3)18-9-7-15(2)8-10-18/h7-14,16-17H,6H2,1-5H3,(H,22,24). The summed E-state index contributed by atoms with van der Waals surface area (Å²) in [6.45, 7) is 7.84. The number of anilines is 1. The van der Waals surface area contributed by atoms with Gasteiger partial charge in [0.05, 0.1) is 24.6 Å². The van der Waals surface area contributed by atoms with Crippen LogP contribution in [0.3, 0.4) is 0 Å². The summed E-state index contributed by atoms with van der Waals surface area (Å²) >= 11 is 0. The van der Waals surface area contributed by atoms with E-state index >= 15 is 0 Å². The summed E-state index contributed by atoms with van der Waals surface area (Å²) in [6, 6.07) is 13.4. The van der Waals surface area contributed by atoms with Crippen molar-refractivity contribution < 1.29 is 17.9 Å². The Labute approximate surface area is 167 Å². The molecule has 0 spiro atoms. The van der Waals surface area contributed by atoms with Gasteiger partial charge in [-0.2, -0.15) is 0 Å². The van der Waals surface area contributed by atoms with Gasteiger partial charge in [-0.1, -0.05) is 29.8 Å². The second-order valence-corrected chi connectivity index (χ2v) is 8.66. The minimum atomic E-state index is -3.66. The van der Waals surface area contributed by atoms with Gasteiger partial charge in [0.15, 0.2) is 0 Å². The molecule has 2 unspecified atom stereocenters. The SMILES string of the molecule is CCOc1ccc(N(C(C)C(=O)NC(C)c2ccc(C)cc2)S(C)(=O)=O)cc1. The summed E-state index contributed by atoms with van der Waals surface area (Å²) in [5.41, 5.74) is 2.50. The summed E-state index contributed by atoms with van der Waals surface area (Å²) < 4.78 is 31.3.